The van der Waals surface area contributed by atoms with Gasteiger partial charge in [0, 0.05) is 31.5 Å². The summed E-state index contributed by atoms with van der Waals surface area (Å²) in [7, 11) is 0. The minimum atomic E-state index is -0.849. The van der Waals surface area contributed by atoms with E-state index in [0.29, 0.717) is 25.8 Å². The molecule has 0 aliphatic carbocycles. The Labute approximate surface area is 202 Å². The predicted molar refractivity (Wildman–Crippen MR) is 127 cm³/mol. The van der Waals surface area contributed by atoms with Crippen LogP contribution in [0.5, 0.6) is 0 Å². The van der Waals surface area contributed by atoms with Crippen molar-refractivity contribution in [3.05, 3.63) is 12.2 Å². The summed E-state index contributed by atoms with van der Waals surface area (Å²) in [5.74, 6) is -2.20. The lowest BCUT2D eigenvalue weighted by Gasteiger charge is -2.27. The summed E-state index contributed by atoms with van der Waals surface area (Å²) in [5, 5.41) is 11.0. The number of carbonyl (C=O) groups is 5. The average Bonchev–Trinajstić information content (AvgIpc) is 3.13. The molecule has 1 saturated heterocycles. The zero-order valence-corrected chi connectivity index (χ0v) is 21.1. The lowest BCUT2D eigenvalue weighted by Crippen LogP contribution is -2.56. The number of rotatable bonds is 13. The van der Waals surface area contributed by atoms with E-state index >= 15 is 0 Å². The van der Waals surface area contributed by atoms with Gasteiger partial charge in [0.1, 0.15) is 12.1 Å². The molecule has 0 radical (unpaired) electrons. The number of carbonyl (C=O) groups excluding carboxylic acids is 5. The second-order valence-corrected chi connectivity index (χ2v) is 9.35. The summed E-state index contributed by atoms with van der Waals surface area (Å²) in [5.41, 5.74) is 0. The van der Waals surface area contributed by atoms with Gasteiger partial charge >= 0.3 is 5.97 Å². The van der Waals surface area contributed by atoms with Gasteiger partial charge in [-0.15, -0.1) is 0 Å². The van der Waals surface area contributed by atoms with Crippen molar-refractivity contribution in [1.82, 2.24) is 21.3 Å². The van der Waals surface area contributed by atoms with Crippen LogP contribution in [0.1, 0.15) is 60.8 Å². The van der Waals surface area contributed by atoms with Gasteiger partial charge in [0.2, 0.25) is 23.6 Å². The number of nitrogens with one attached hydrogen (secondary N) is 4. The summed E-state index contributed by atoms with van der Waals surface area (Å²) in [6.45, 7) is 11.3. The topological polar surface area (TPSA) is 143 Å². The zero-order valence-electron chi connectivity index (χ0n) is 21.1. The second kappa shape index (κ2) is 14.4. The summed E-state index contributed by atoms with van der Waals surface area (Å²) in [6.07, 6.45) is 4.08. The van der Waals surface area contributed by atoms with Crippen molar-refractivity contribution in [2.24, 2.45) is 17.8 Å². The Balaban J connectivity index is 3.02. The monoisotopic (exact) mass is 480 g/mol. The molecule has 0 aromatic rings. The van der Waals surface area contributed by atoms with Gasteiger partial charge < -0.3 is 26.0 Å². The van der Waals surface area contributed by atoms with E-state index < -0.39 is 35.9 Å². The Kier molecular flexibility index (Phi) is 12.3. The largest absolute Gasteiger partial charge is 0.463 e. The van der Waals surface area contributed by atoms with Gasteiger partial charge in [0.25, 0.3) is 0 Å². The predicted octanol–water partition coefficient (Wildman–Crippen LogP) is 0.808. The highest BCUT2D eigenvalue weighted by atomic mass is 16.5. The number of hydrogen-bond donors (Lipinski definition) is 4. The summed E-state index contributed by atoms with van der Waals surface area (Å²) in [4.78, 5) is 61.5. The molecule has 1 unspecified atom stereocenters. The van der Waals surface area contributed by atoms with Crippen LogP contribution in [0.15, 0.2) is 12.2 Å². The Bertz CT molecular complexity index is 765. The van der Waals surface area contributed by atoms with Gasteiger partial charge in [-0.3, -0.25) is 19.2 Å². The highest BCUT2D eigenvalue weighted by Crippen LogP contribution is 2.17. The maximum Gasteiger partial charge on any atom is 0.330 e. The highest BCUT2D eigenvalue weighted by Gasteiger charge is 2.31. The van der Waals surface area contributed by atoms with Gasteiger partial charge in [0.15, 0.2) is 0 Å². The minimum Gasteiger partial charge on any atom is -0.463 e. The molecule has 0 aromatic heterocycles. The van der Waals surface area contributed by atoms with Crippen LogP contribution >= 0.6 is 0 Å². The summed E-state index contributed by atoms with van der Waals surface area (Å²) in [6, 6.07) is -2.23. The molecule has 1 aliphatic heterocycles. The van der Waals surface area contributed by atoms with Crippen molar-refractivity contribution in [3.63, 3.8) is 0 Å². The molecule has 0 bridgehead atoms. The first-order valence-corrected chi connectivity index (χ1v) is 11.9. The first kappa shape index (κ1) is 29.1. The fourth-order valence-electron chi connectivity index (χ4n) is 3.75. The molecule has 192 valence electrons. The Hall–Kier alpha value is -2.91. The molecule has 0 spiro atoms. The van der Waals surface area contributed by atoms with Crippen molar-refractivity contribution >= 4 is 29.6 Å². The molecule has 10 nitrogen and oxygen atoms in total. The van der Waals surface area contributed by atoms with E-state index in [0.717, 1.165) is 0 Å². The van der Waals surface area contributed by atoms with Crippen LogP contribution in [0, 0.1) is 17.8 Å². The number of hydrogen-bond acceptors (Lipinski definition) is 6. The van der Waals surface area contributed by atoms with Gasteiger partial charge in [-0.25, -0.2) is 4.79 Å². The molecule has 0 aromatic carbocycles. The van der Waals surface area contributed by atoms with Crippen LogP contribution in [0.25, 0.3) is 0 Å². The normalized spacial score (nSPS) is 18.4. The first-order chi connectivity index (χ1) is 15.9. The standard InChI is InChI=1S/C24H40N4O6/c1-7-34-20(30)9-8-18(13-17-10-11-25-22(17)31)27-23(32)19(12-14(2)3)28-24(33)21(15(4)5)26-16(6)29/h8-9,14-15,17-19,21H,7,10-13H2,1-6H3,(H,25,31)(H,26,29)(H,27,32)(H,28,33)/b9-8+/t17?,18-,19+,21+/m1/s1. The molecule has 4 atom stereocenters. The third-order valence-electron chi connectivity index (χ3n) is 5.43. The van der Waals surface area contributed by atoms with Gasteiger partial charge in [-0.2, -0.15) is 0 Å². The number of esters is 1. The smallest absolute Gasteiger partial charge is 0.330 e. The molecule has 34 heavy (non-hydrogen) atoms. The van der Waals surface area contributed by atoms with E-state index in [4.69, 9.17) is 4.74 Å². The van der Waals surface area contributed by atoms with E-state index in [1.165, 1.54) is 19.1 Å². The molecule has 0 saturated carbocycles. The average molecular weight is 481 g/mol. The zero-order chi connectivity index (χ0) is 25.8. The Morgan fingerprint density at radius 3 is 2.26 bits per heavy atom. The van der Waals surface area contributed by atoms with Crippen LogP contribution in [-0.2, 0) is 28.7 Å². The van der Waals surface area contributed by atoms with Crippen LogP contribution < -0.4 is 21.3 Å². The molecule has 4 amide bonds. The van der Waals surface area contributed by atoms with Crippen molar-refractivity contribution < 1.29 is 28.7 Å². The van der Waals surface area contributed by atoms with Crippen molar-refractivity contribution in [1.29, 1.82) is 0 Å². The lowest BCUT2D eigenvalue weighted by atomic mass is 9.96. The Morgan fingerprint density at radius 2 is 1.76 bits per heavy atom. The maximum atomic E-state index is 13.2. The SMILES string of the molecule is CCOC(=O)/C=C/[C@H](CC1CCNC1=O)NC(=O)[C@H](CC(C)C)NC(=O)[C@@H](NC(C)=O)C(C)C. The van der Waals surface area contributed by atoms with Crippen LogP contribution in [0.3, 0.4) is 0 Å². The molecule has 4 N–H and O–H groups in total. The molecular formula is C24H40N4O6. The van der Waals surface area contributed by atoms with Gasteiger partial charge in [-0.05, 0) is 38.0 Å². The summed E-state index contributed by atoms with van der Waals surface area (Å²) < 4.78 is 4.91. The lowest BCUT2D eigenvalue weighted by molar-refractivity contribution is -0.137. The minimum absolute atomic E-state index is 0.0918. The van der Waals surface area contributed by atoms with Gasteiger partial charge in [-0.1, -0.05) is 33.8 Å². The Morgan fingerprint density at radius 1 is 1.09 bits per heavy atom. The van der Waals surface area contributed by atoms with Crippen LogP contribution in [0.4, 0.5) is 0 Å². The highest BCUT2D eigenvalue weighted by molar-refractivity contribution is 5.92. The third-order valence-corrected chi connectivity index (χ3v) is 5.43. The maximum absolute atomic E-state index is 13.2. The molecule has 1 fully saturated rings. The fraction of sp³-hybridized carbons (Fsp3) is 0.708. The molecular weight excluding hydrogens is 440 g/mol. The van der Waals surface area contributed by atoms with E-state index in [-0.39, 0.29) is 36.2 Å². The van der Waals surface area contributed by atoms with Crippen molar-refractivity contribution in [3.8, 4) is 0 Å². The number of ether oxygens (including phenoxy) is 1. The molecule has 1 aliphatic rings. The quantitative estimate of drug-likeness (QED) is 0.227. The van der Waals surface area contributed by atoms with E-state index in [9.17, 15) is 24.0 Å². The van der Waals surface area contributed by atoms with E-state index in [2.05, 4.69) is 21.3 Å². The van der Waals surface area contributed by atoms with E-state index in [1.54, 1.807) is 20.8 Å². The second-order valence-electron chi connectivity index (χ2n) is 9.35. The molecule has 1 rings (SSSR count). The van der Waals surface area contributed by atoms with E-state index in [1.807, 2.05) is 13.8 Å². The van der Waals surface area contributed by atoms with Crippen LogP contribution in [-0.4, -0.2) is 60.9 Å². The summed E-state index contributed by atoms with van der Waals surface area (Å²) >= 11 is 0. The number of amides is 4. The third kappa shape index (κ3) is 10.4. The van der Waals surface area contributed by atoms with Gasteiger partial charge in [0.05, 0.1) is 6.61 Å². The molecule has 10 heteroatoms. The van der Waals surface area contributed by atoms with Crippen LogP contribution in [0.2, 0.25) is 0 Å². The molecule has 1 heterocycles. The van der Waals surface area contributed by atoms with Crippen molar-refractivity contribution in [2.75, 3.05) is 13.2 Å². The fourth-order valence-corrected chi connectivity index (χ4v) is 3.75. The van der Waals surface area contributed by atoms with Crippen molar-refractivity contribution in [2.45, 2.75) is 78.9 Å². The first-order valence-electron chi connectivity index (χ1n) is 11.9.